The van der Waals surface area contributed by atoms with E-state index in [1.54, 1.807) is 14.2 Å². The number of hydrogen-bond acceptors (Lipinski definition) is 5. The molecule has 2 aliphatic rings. The average Bonchev–Trinajstić information content (AvgIpc) is 3.59. The van der Waals surface area contributed by atoms with Crippen LogP contribution in [0.25, 0.3) is 0 Å². The van der Waals surface area contributed by atoms with Crippen molar-refractivity contribution in [2.24, 2.45) is 0 Å². The molecular weight excluding hydrogens is 368 g/mol. The molecule has 6 nitrogen and oxygen atoms in total. The third-order valence-electron chi connectivity index (χ3n) is 5.56. The highest BCUT2D eigenvalue weighted by Gasteiger charge is 2.32. The summed E-state index contributed by atoms with van der Waals surface area (Å²) in [4.78, 5) is 15.1. The number of carbonyl (C=O) groups excluding carboxylic acids is 1. The Bertz CT molecular complexity index is 866. The lowest BCUT2D eigenvalue weighted by atomic mass is 10.0. The third kappa shape index (κ3) is 4.65. The van der Waals surface area contributed by atoms with Gasteiger partial charge < -0.3 is 19.5 Å². The van der Waals surface area contributed by atoms with E-state index in [-0.39, 0.29) is 11.9 Å². The molecule has 2 aromatic carbocycles. The Balaban J connectivity index is 1.44. The van der Waals surface area contributed by atoms with Crippen LogP contribution in [0.15, 0.2) is 42.5 Å². The fraction of sp³-hybridized carbons (Fsp3) is 0.435. The van der Waals surface area contributed by atoms with E-state index in [1.807, 2.05) is 42.5 Å². The minimum atomic E-state index is -0.000131. The van der Waals surface area contributed by atoms with Gasteiger partial charge in [-0.3, -0.25) is 9.69 Å². The highest BCUT2D eigenvalue weighted by Crippen LogP contribution is 2.33. The van der Waals surface area contributed by atoms with Crippen molar-refractivity contribution < 1.29 is 19.0 Å². The van der Waals surface area contributed by atoms with Crippen LogP contribution in [0.4, 0.5) is 0 Å². The van der Waals surface area contributed by atoms with Crippen molar-refractivity contribution in [2.75, 3.05) is 27.4 Å². The summed E-state index contributed by atoms with van der Waals surface area (Å²) in [6, 6.07) is 14.2. The lowest BCUT2D eigenvalue weighted by Gasteiger charge is -2.28. The summed E-state index contributed by atoms with van der Waals surface area (Å²) >= 11 is 0. The van der Waals surface area contributed by atoms with Gasteiger partial charge >= 0.3 is 0 Å². The number of carbonyl (C=O) groups is 1. The molecule has 0 radical (unpaired) electrons. The van der Waals surface area contributed by atoms with E-state index in [0.29, 0.717) is 25.7 Å². The maximum atomic E-state index is 12.9. The summed E-state index contributed by atoms with van der Waals surface area (Å²) in [5.41, 5.74) is 2.09. The van der Waals surface area contributed by atoms with Gasteiger partial charge in [-0.15, -0.1) is 0 Å². The lowest BCUT2D eigenvalue weighted by molar-refractivity contribution is -0.123. The normalized spacial score (nSPS) is 18.0. The fourth-order valence-electron chi connectivity index (χ4n) is 3.89. The summed E-state index contributed by atoms with van der Waals surface area (Å²) in [7, 11) is 3.32. The van der Waals surface area contributed by atoms with Gasteiger partial charge in [-0.1, -0.05) is 18.2 Å². The van der Waals surface area contributed by atoms with Gasteiger partial charge in [0.15, 0.2) is 0 Å². The molecule has 0 aromatic heterocycles. The SMILES string of the molecule is COc1ccc(OC)c(CN(CC(=O)NC2CCOc3ccccc32)C2CC2)c1. The van der Waals surface area contributed by atoms with E-state index in [9.17, 15) is 4.79 Å². The summed E-state index contributed by atoms with van der Waals surface area (Å²) in [6.07, 6.45) is 3.04. The van der Waals surface area contributed by atoms with Gasteiger partial charge in [0.25, 0.3) is 0 Å². The number of rotatable bonds is 8. The zero-order valence-electron chi connectivity index (χ0n) is 17.0. The second-order valence-electron chi connectivity index (χ2n) is 7.61. The zero-order valence-corrected chi connectivity index (χ0v) is 17.0. The number of ether oxygens (including phenoxy) is 3. The Hall–Kier alpha value is -2.73. The van der Waals surface area contributed by atoms with E-state index in [1.165, 1.54) is 0 Å². The molecule has 1 atom stereocenters. The van der Waals surface area contributed by atoms with Crippen LogP contribution in [0.2, 0.25) is 0 Å². The van der Waals surface area contributed by atoms with E-state index < -0.39 is 0 Å². The second kappa shape index (κ2) is 8.74. The van der Waals surface area contributed by atoms with Crippen LogP contribution in [0.5, 0.6) is 17.2 Å². The molecular formula is C23H28N2O4. The Labute approximate surface area is 171 Å². The van der Waals surface area contributed by atoms with E-state index in [4.69, 9.17) is 14.2 Å². The van der Waals surface area contributed by atoms with Crippen molar-refractivity contribution in [2.45, 2.75) is 37.9 Å². The van der Waals surface area contributed by atoms with Crippen LogP contribution in [-0.2, 0) is 11.3 Å². The van der Waals surface area contributed by atoms with E-state index in [2.05, 4.69) is 10.2 Å². The van der Waals surface area contributed by atoms with Gasteiger partial charge in [-0.2, -0.15) is 0 Å². The molecule has 0 bridgehead atoms. The summed E-state index contributed by atoms with van der Waals surface area (Å²) < 4.78 is 16.6. The van der Waals surface area contributed by atoms with Gasteiger partial charge in [0.1, 0.15) is 17.2 Å². The van der Waals surface area contributed by atoms with E-state index in [0.717, 1.165) is 47.6 Å². The van der Waals surface area contributed by atoms with Gasteiger partial charge in [0.2, 0.25) is 5.91 Å². The Morgan fingerprint density at radius 2 is 1.97 bits per heavy atom. The van der Waals surface area contributed by atoms with Crippen LogP contribution in [0.1, 0.15) is 36.4 Å². The molecule has 154 valence electrons. The van der Waals surface area contributed by atoms with E-state index >= 15 is 0 Å². The average molecular weight is 396 g/mol. The standard InChI is InChI=1S/C23H28N2O4/c1-27-18-9-10-21(28-2)16(13-18)14-25(17-7-8-17)15-23(26)24-20-11-12-29-22-6-4-3-5-19(20)22/h3-6,9-10,13,17,20H,7-8,11-12,14-15H2,1-2H3,(H,24,26). The van der Waals surface area contributed by atoms with Crippen molar-refractivity contribution >= 4 is 5.91 Å². The Morgan fingerprint density at radius 1 is 1.14 bits per heavy atom. The number of nitrogens with zero attached hydrogens (tertiary/aromatic N) is 1. The monoisotopic (exact) mass is 396 g/mol. The molecule has 4 rings (SSSR count). The lowest BCUT2D eigenvalue weighted by Crippen LogP contribution is -2.40. The molecule has 1 saturated carbocycles. The highest BCUT2D eigenvalue weighted by atomic mass is 16.5. The number of nitrogens with one attached hydrogen (secondary N) is 1. The van der Waals surface area contributed by atoms with Crippen LogP contribution in [-0.4, -0.2) is 44.2 Å². The first kappa shape index (κ1) is 19.6. The van der Waals surface area contributed by atoms with Crippen molar-refractivity contribution in [3.05, 3.63) is 53.6 Å². The predicted octanol–water partition coefficient (Wildman–Crippen LogP) is 3.31. The van der Waals surface area contributed by atoms with Crippen LogP contribution in [0, 0.1) is 0 Å². The van der Waals surface area contributed by atoms with Crippen molar-refractivity contribution in [3.8, 4) is 17.2 Å². The molecule has 0 spiro atoms. The van der Waals surface area contributed by atoms with Crippen molar-refractivity contribution in [1.82, 2.24) is 10.2 Å². The fourth-order valence-corrected chi connectivity index (χ4v) is 3.89. The molecule has 1 heterocycles. The Morgan fingerprint density at radius 3 is 2.72 bits per heavy atom. The van der Waals surface area contributed by atoms with Gasteiger partial charge in [-0.05, 0) is 37.1 Å². The predicted molar refractivity (Wildman–Crippen MR) is 110 cm³/mol. The van der Waals surface area contributed by atoms with Gasteiger partial charge in [0.05, 0.1) is 33.4 Å². The highest BCUT2D eigenvalue weighted by molar-refractivity contribution is 5.78. The Kier molecular flexibility index (Phi) is 5.90. The molecule has 6 heteroatoms. The number of fused-ring (bicyclic) bond motifs is 1. The van der Waals surface area contributed by atoms with Crippen molar-refractivity contribution in [3.63, 3.8) is 0 Å². The number of benzene rings is 2. The number of amides is 1. The van der Waals surface area contributed by atoms with Crippen LogP contribution < -0.4 is 19.5 Å². The molecule has 1 amide bonds. The number of methoxy groups -OCH3 is 2. The second-order valence-corrected chi connectivity index (χ2v) is 7.61. The van der Waals surface area contributed by atoms with Crippen LogP contribution >= 0.6 is 0 Å². The molecule has 0 saturated heterocycles. The molecule has 1 fully saturated rings. The molecule has 1 aliphatic carbocycles. The summed E-state index contributed by atoms with van der Waals surface area (Å²) in [6.45, 7) is 1.64. The minimum absolute atomic E-state index is 0.000131. The molecule has 1 N–H and O–H groups in total. The first-order valence-corrected chi connectivity index (χ1v) is 10.1. The van der Waals surface area contributed by atoms with Gasteiger partial charge in [-0.25, -0.2) is 0 Å². The molecule has 1 aliphatic heterocycles. The quantitative estimate of drug-likeness (QED) is 0.742. The maximum Gasteiger partial charge on any atom is 0.234 e. The largest absolute Gasteiger partial charge is 0.497 e. The molecule has 2 aromatic rings. The smallest absolute Gasteiger partial charge is 0.234 e. The molecule has 1 unspecified atom stereocenters. The molecule has 29 heavy (non-hydrogen) atoms. The summed E-state index contributed by atoms with van der Waals surface area (Å²) in [5.74, 6) is 2.51. The third-order valence-corrected chi connectivity index (χ3v) is 5.56. The topological polar surface area (TPSA) is 60.0 Å². The summed E-state index contributed by atoms with van der Waals surface area (Å²) in [5, 5.41) is 3.21. The van der Waals surface area contributed by atoms with Gasteiger partial charge in [0, 0.05) is 30.1 Å². The first-order valence-electron chi connectivity index (χ1n) is 10.1. The minimum Gasteiger partial charge on any atom is -0.497 e. The van der Waals surface area contributed by atoms with Crippen LogP contribution in [0.3, 0.4) is 0 Å². The zero-order chi connectivity index (χ0) is 20.2. The van der Waals surface area contributed by atoms with Crippen molar-refractivity contribution in [1.29, 1.82) is 0 Å². The number of para-hydroxylation sites is 1. The first-order chi connectivity index (χ1) is 14.2. The maximum absolute atomic E-state index is 12.9. The number of hydrogen-bond donors (Lipinski definition) is 1.